The van der Waals surface area contributed by atoms with Gasteiger partial charge in [-0.05, 0) is 50.1 Å². The summed E-state index contributed by atoms with van der Waals surface area (Å²) in [5, 5.41) is 2.70. The number of rotatable bonds is 6. The van der Waals surface area contributed by atoms with Crippen LogP contribution in [-0.4, -0.2) is 51.8 Å². The summed E-state index contributed by atoms with van der Waals surface area (Å²) < 4.78 is 25.5. The van der Waals surface area contributed by atoms with Crippen molar-refractivity contribution in [2.45, 2.75) is 31.1 Å². The van der Waals surface area contributed by atoms with E-state index in [0.717, 1.165) is 25.9 Å². The summed E-state index contributed by atoms with van der Waals surface area (Å²) in [5.74, 6) is 0.259. The first-order valence-electron chi connectivity index (χ1n) is 8.43. The summed E-state index contributed by atoms with van der Waals surface area (Å²) >= 11 is 0. The van der Waals surface area contributed by atoms with E-state index in [4.69, 9.17) is 0 Å². The number of hydrogen-bond donors (Lipinski definition) is 2. The van der Waals surface area contributed by atoms with Gasteiger partial charge in [0.2, 0.25) is 15.9 Å². The van der Waals surface area contributed by atoms with E-state index in [-0.39, 0.29) is 29.7 Å². The Morgan fingerprint density at radius 1 is 1.24 bits per heavy atom. The molecular weight excluding hydrogens is 342 g/mol. The van der Waals surface area contributed by atoms with Crippen LogP contribution in [0.2, 0.25) is 0 Å². The van der Waals surface area contributed by atoms with Gasteiger partial charge in [-0.1, -0.05) is 6.92 Å². The van der Waals surface area contributed by atoms with Crippen LogP contribution in [0.3, 0.4) is 0 Å². The molecule has 1 aliphatic heterocycles. The van der Waals surface area contributed by atoms with Crippen LogP contribution in [0.5, 0.6) is 0 Å². The van der Waals surface area contributed by atoms with E-state index in [1.807, 2.05) is 4.90 Å². The number of carbonyl (C=O) groups excluding carboxylic acids is 2. The molecule has 8 heteroatoms. The predicted molar refractivity (Wildman–Crippen MR) is 94.6 cm³/mol. The molecular formula is C17H25N3O4S. The molecule has 1 aliphatic rings. The lowest BCUT2D eigenvalue weighted by Gasteiger charge is -2.31. The van der Waals surface area contributed by atoms with Crippen molar-refractivity contribution in [2.24, 2.45) is 5.92 Å². The largest absolute Gasteiger partial charge is 0.352 e. The SMILES string of the molecule is CNS(=O)(=O)c1ccc(C(=O)NCCC(=O)N2CCCC(C)C2)cc1. The van der Waals surface area contributed by atoms with Crippen molar-refractivity contribution in [3.8, 4) is 0 Å². The molecule has 7 nitrogen and oxygen atoms in total. The molecule has 0 aliphatic carbocycles. The normalized spacial score (nSPS) is 18.0. The van der Waals surface area contributed by atoms with Gasteiger partial charge >= 0.3 is 0 Å². The third-order valence-corrected chi connectivity index (χ3v) is 5.76. The molecule has 1 atom stereocenters. The van der Waals surface area contributed by atoms with Gasteiger partial charge in [0.25, 0.3) is 5.91 Å². The molecule has 25 heavy (non-hydrogen) atoms. The maximum Gasteiger partial charge on any atom is 0.251 e. The van der Waals surface area contributed by atoms with Crippen LogP contribution < -0.4 is 10.0 Å². The quantitative estimate of drug-likeness (QED) is 0.783. The Kier molecular flexibility index (Phi) is 6.55. The van der Waals surface area contributed by atoms with Gasteiger partial charge in [0.1, 0.15) is 0 Å². The Bertz CT molecular complexity index is 716. The molecule has 138 valence electrons. The third kappa shape index (κ3) is 5.27. The summed E-state index contributed by atoms with van der Waals surface area (Å²) in [4.78, 5) is 26.2. The first kappa shape index (κ1) is 19.4. The average molecular weight is 367 g/mol. The lowest BCUT2D eigenvalue weighted by molar-refractivity contribution is -0.132. The number of likely N-dealkylation sites (tertiary alicyclic amines) is 1. The highest BCUT2D eigenvalue weighted by molar-refractivity contribution is 7.89. The van der Waals surface area contributed by atoms with Gasteiger partial charge in [-0.25, -0.2) is 13.1 Å². The molecule has 0 saturated carbocycles. The van der Waals surface area contributed by atoms with Crippen molar-refractivity contribution >= 4 is 21.8 Å². The zero-order valence-electron chi connectivity index (χ0n) is 14.6. The number of nitrogens with zero attached hydrogens (tertiary/aromatic N) is 1. The predicted octanol–water partition coefficient (Wildman–Crippen LogP) is 0.973. The molecule has 2 amide bonds. The number of sulfonamides is 1. The Morgan fingerprint density at radius 2 is 1.92 bits per heavy atom. The van der Waals surface area contributed by atoms with Gasteiger partial charge in [-0.3, -0.25) is 9.59 Å². The highest BCUT2D eigenvalue weighted by Crippen LogP contribution is 2.16. The van der Waals surface area contributed by atoms with Crippen molar-refractivity contribution in [3.05, 3.63) is 29.8 Å². The minimum absolute atomic E-state index is 0.0577. The molecule has 0 bridgehead atoms. The van der Waals surface area contributed by atoms with Crippen LogP contribution in [0, 0.1) is 5.92 Å². The molecule has 0 radical (unpaired) electrons. The number of nitrogens with one attached hydrogen (secondary N) is 2. The van der Waals surface area contributed by atoms with Gasteiger partial charge < -0.3 is 10.2 Å². The van der Waals surface area contributed by atoms with Crippen LogP contribution in [0.4, 0.5) is 0 Å². The van der Waals surface area contributed by atoms with Crippen molar-refractivity contribution in [1.82, 2.24) is 14.9 Å². The van der Waals surface area contributed by atoms with Crippen LogP contribution in [0.25, 0.3) is 0 Å². The number of piperidine rings is 1. The highest BCUT2D eigenvalue weighted by Gasteiger charge is 2.20. The maximum atomic E-state index is 12.2. The van der Waals surface area contributed by atoms with Gasteiger partial charge in [0.15, 0.2) is 0 Å². The molecule has 1 aromatic carbocycles. The van der Waals surface area contributed by atoms with Crippen molar-refractivity contribution < 1.29 is 18.0 Å². The van der Waals surface area contributed by atoms with Gasteiger partial charge in [0, 0.05) is 31.6 Å². The minimum Gasteiger partial charge on any atom is -0.352 e. The average Bonchev–Trinajstić information content (AvgIpc) is 2.61. The Hall–Kier alpha value is -1.93. The van der Waals surface area contributed by atoms with Crippen molar-refractivity contribution in [2.75, 3.05) is 26.7 Å². The standard InChI is InChI=1S/C17H25N3O4S/c1-13-4-3-11-20(12-13)16(21)9-10-19-17(22)14-5-7-15(8-6-14)25(23,24)18-2/h5-8,13,18H,3-4,9-12H2,1-2H3,(H,19,22). The zero-order valence-corrected chi connectivity index (χ0v) is 15.4. The van der Waals surface area contributed by atoms with Gasteiger partial charge in [-0.15, -0.1) is 0 Å². The zero-order chi connectivity index (χ0) is 18.4. The van der Waals surface area contributed by atoms with E-state index >= 15 is 0 Å². The van der Waals surface area contributed by atoms with E-state index in [1.165, 1.54) is 31.3 Å². The van der Waals surface area contributed by atoms with Crippen LogP contribution in [0.1, 0.15) is 36.5 Å². The second-order valence-corrected chi connectivity index (χ2v) is 8.21. The number of hydrogen-bond acceptors (Lipinski definition) is 4. The molecule has 1 aromatic rings. The highest BCUT2D eigenvalue weighted by atomic mass is 32.2. The molecule has 2 N–H and O–H groups in total. The Labute approximate surface area is 148 Å². The van der Waals surface area contributed by atoms with Crippen molar-refractivity contribution in [1.29, 1.82) is 0 Å². The fraction of sp³-hybridized carbons (Fsp3) is 0.529. The van der Waals surface area contributed by atoms with Gasteiger partial charge in [0.05, 0.1) is 4.90 Å². The van der Waals surface area contributed by atoms with Crippen LogP contribution >= 0.6 is 0 Å². The van der Waals surface area contributed by atoms with Crippen LogP contribution in [-0.2, 0) is 14.8 Å². The van der Waals surface area contributed by atoms with Gasteiger partial charge in [-0.2, -0.15) is 0 Å². The van der Waals surface area contributed by atoms with E-state index in [2.05, 4.69) is 17.0 Å². The monoisotopic (exact) mass is 367 g/mol. The third-order valence-electron chi connectivity index (χ3n) is 4.33. The fourth-order valence-electron chi connectivity index (χ4n) is 2.86. The summed E-state index contributed by atoms with van der Waals surface area (Å²) in [6, 6.07) is 5.66. The number of carbonyl (C=O) groups is 2. The molecule has 0 spiro atoms. The van der Waals surface area contributed by atoms with E-state index < -0.39 is 10.0 Å². The van der Waals surface area contributed by atoms with E-state index in [9.17, 15) is 18.0 Å². The smallest absolute Gasteiger partial charge is 0.251 e. The summed E-state index contributed by atoms with van der Waals surface area (Å²) in [5.41, 5.74) is 0.356. The second-order valence-electron chi connectivity index (χ2n) is 6.32. The first-order valence-corrected chi connectivity index (χ1v) is 9.91. The molecule has 1 heterocycles. The van der Waals surface area contributed by atoms with Crippen LogP contribution in [0.15, 0.2) is 29.2 Å². The number of amides is 2. The Morgan fingerprint density at radius 3 is 2.52 bits per heavy atom. The lowest BCUT2D eigenvalue weighted by atomic mass is 10.00. The Balaban J connectivity index is 1.83. The summed E-state index contributed by atoms with van der Waals surface area (Å²) in [6.07, 6.45) is 2.45. The molecule has 0 aromatic heterocycles. The van der Waals surface area contributed by atoms with E-state index in [0.29, 0.717) is 11.5 Å². The first-order chi connectivity index (χ1) is 11.8. The van der Waals surface area contributed by atoms with E-state index in [1.54, 1.807) is 0 Å². The minimum atomic E-state index is -3.52. The van der Waals surface area contributed by atoms with Crippen molar-refractivity contribution in [3.63, 3.8) is 0 Å². The second kappa shape index (κ2) is 8.44. The molecule has 1 fully saturated rings. The lowest BCUT2D eigenvalue weighted by Crippen LogP contribution is -2.40. The topological polar surface area (TPSA) is 95.6 Å². The summed E-state index contributed by atoms with van der Waals surface area (Å²) in [6.45, 7) is 3.98. The number of benzene rings is 1. The summed E-state index contributed by atoms with van der Waals surface area (Å²) in [7, 11) is -2.19. The molecule has 2 rings (SSSR count). The fourth-order valence-corrected chi connectivity index (χ4v) is 3.59. The molecule has 1 saturated heterocycles. The molecule has 1 unspecified atom stereocenters. The maximum absolute atomic E-state index is 12.2.